The lowest BCUT2D eigenvalue weighted by Crippen LogP contribution is -2.10. The van der Waals surface area contributed by atoms with E-state index >= 15 is 0 Å². The number of amides is 1. The molecule has 0 saturated heterocycles. The van der Waals surface area contributed by atoms with E-state index in [1.165, 1.54) is 5.56 Å². The van der Waals surface area contributed by atoms with Crippen LogP contribution in [-0.2, 0) is 10.2 Å². The first-order valence-corrected chi connectivity index (χ1v) is 7.91. The molecule has 0 bridgehead atoms. The van der Waals surface area contributed by atoms with Crippen molar-refractivity contribution in [3.8, 4) is 0 Å². The number of fused-ring (bicyclic) bond motifs is 1. The van der Waals surface area contributed by atoms with Gasteiger partial charge in [-0.15, -0.1) is 0 Å². The lowest BCUT2D eigenvalue weighted by molar-refractivity contribution is -0.110. The van der Waals surface area contributed by atoms with Gasteiger partial charge in [-0.3, -0.25) is 4.79 Å². The molecule has 23 heavy (non-hydrogen) atoms. The van der Waals surface area contributed by atoms with Crippen molar-refractivity contribution in [2.75, 3.05) is 10.6 Å². The third kappa shape index (κ3) is 3.25. The Kier molecular flexibility index (Phi) is 3.90. The number of hydrogen-bond donors (Lipinski definition) is 2. The predicted octanol–water partition coefficient (Wildman–Crippen LogP) is 5.04. The molecule has 118 valence electrons. The summed E-state index contributed by atoms with van der Waals surface area (Å²) in [4.78, 5) is 12.1. The van der Waals surface area contributed by atoms with Crippen LogP contribution in [0.15, 0.2) is 48.7 Å². The zero-order valence-electron chi connectivity index (χ0n) is 13.4. The number of carbonyl (C=O) groups is 1. The molecule has 0 radical (unpaired) electrons. The molecule has 0 spiro atoms. The maximum absolute atomic E-state index is 12.1. The zero-order chi connectivity index (χ0) is 16.6. The van der Waals surface area contributed by atoms with E-state index in [-0.39, 0.29) is 11.3 Å². The summed E-state index contributed by atoms with van der Waals surface area (Å²) in [6.45, 7) is 6.54. The Morgan fingerprint density at radius 3 is 2.43 bits per heavy atom. The van der Waals surface area contributed by atoms with Crippen molar-refractivity contribution in [3.05, 3.63) is 64.8 Å². The van der Waals surface area contributed by atoms with E-state index in [0.717, 1.165) is 16.9 Å². The number of nitrogens with one attached hydrogen (secondary N) is 2. The van der Waals surface area contributed by atoms with Gasteiger partial charge in [0.15, 0.2) is 0 Å². The van der Waals surface area contributed by atoms with E-state index in [2.05, 4.69) is 43.5 Å². The summed E-state index contributed by atoms with van der Waals surface area (Å²) in [7, 11) is 0. The summed E-state index contributed by atoms with van der Waals surface area (Å²) in [6.07, 6.45) is 1.73. The monoisotopic (exact) mass is 326 g/mol. The topological polar surface area (TPSA) is 41.1 Å². The van der Waals surface area contributed by atoms with Gasteiger partial charge in [0.1, 0.15) is 0 Å². The SMILES string of the molecule is CC(C)(C)c1ccc(N/C=C2/C(=O)Nc3ccc(Cl)cc32)cc1. The van der Waals surface area contributed by atoms with Crippen molar-refractivity contribution in [2.24, 2.45) is 0 Å². The van der Waals surface area contributed by atoms with Gasteiger partial charge in [-0.1, -0.05) is 44.5 Å². The molecule has 1 aliphatic heterocycles. The Hall–Kier alpha value is -2.26. The minimum Gasteiger partial charge on any atom is -0.361 e. The van der Waals surface area contributed by atoms with Crippen molar-refractivity contribution >= 4 is 34.5 Å². The van der Waals surface area contributed by atoms with Crippen LogP contribution >= 0.6 is 11.6 Å². The average Bonchev–Trinajstić information content (AvgIpc) is 2.79. The summed E-state index contributed by atoms with van der Waals surface area (Å²) in [5, 5.41) is 6.64. The highest BCUT2D eigenvalue weighted by Gasteiger charge is 2.24. The van der Waals surface area contributed by atoms with Crippen LogP contribution < -0.4 is 10.6 Å². The molecular weight excluding hydrogens is 308 g/mol. The van der Waals surface area contributed by atoms with E-state index in [9.17, 15) is 4.79 Å². The Morgan fingerprint density at radius 1 is 1.09 bits per heavy atom. The first kappa shape index (κ1) is 15.6. The second kappa shape index (κ2) is 5.74. The van der Waals surface area contributed by atoms with Crippen LogP contribution in [0.1, 0.15) is 31.9 Å². The fraction of sp³-hybridized carbons (Fsp3) is 0.211. The minimum atomic E-state index is -0.124. The third-order valence-corrected chi connectivity index (χ3v) is 4.13. The molecular formula is C19H19ClN2O. The molecule has 0 unspecified atom stereocenters. The van der Waals surface area contributed by atoms with Crippen LogP contribution in [0.5, 0.6) is 0 Å². The molecule has 2 N–H and O–H groups in total. The molecule has 0 aliphatic carbocycles. The van der Waals surface area contributed by atoms with Crippen molar-refractivity contribution in [2.45, 2.75) is 26.2 Å². The average molecular weight is 327 g/mol. The number of halogens is 1. The predicted molar refractivity (Wildman–Crippen MR) is 96.8 cm³/mol. The number of rotatable bonds is 2. The van der Waals surface area contributed by atoms with E-state index < -0.39 is 0 Å². The van der Waals surface area contributed by atoms with Crippen LogP contribution in [0.3, 0.4) is 0 Å². The molecule has 0 aromatic heterocycles. The Labute approximate surface area is 141 Å². The van der Waals surface area contributed by atoms with Crippen molar-refractivity contribution in [1.29, 1.82) is 0 Å². The van der Waals surface area contributed by atoms with Gasteiger partial charge < -0.3 is 10.6 Å². The fourth-order valence-corrected chi connectivity index (χ4v) is 2.70. The maximum atomic E-state index is 12.1. The van der Waals surface area contributed by atoms with Crippen molar-refractivity contribution in [3.63, 3.8) is 0 Å². The number of hydrogen-bond acceptors (Lipinski definition) is 2. The lowest BCUT2D eigenvalue weighted by atomic mass is 9.87. The standard InChI is InChI=1S/C19H19ClN2O/c1-19(2,3)12-4-7-14(8-5-12)21-11-16-15-10-13(20)6-9-17(15)22-18(16)23/h4-11,21H,1-3H3,(H,22,23)/b16-11+. The van der Waals surface area contributed by atoms with Gasteiger partial charge in [-0.05, 0) is 41.3 Å². The van der Waals surface area contributed by atoms with Crippen molar-refractivity contribution in [1.82, 2.24) is 0 Å². The Balaban J connectivity index is 1.84. The van der Waals surface area contributed by atoms with Crippen LogP contribution in [-0.4, -0.2) is 5.91 Å². The third-order valence-electron chi connectivity index (χ3n) is 3.90. The van der Waals surface area contributed by atoms with Gasteiger partial charge in [0, 0.05) is 28.2 Å². The molecule has 0 saturated carbocycles. The molecule has 4 heteroatoms. The largest absolute Gasteiger partial charge is 0.361 e. The molecule has 2 aromatic carbocycles. The van der Waals surface area contributed by atoms with Gasteiger partial charge in [0.2, 0.25) is 0 Å². The summed E-state index contributed by atoms with van der Waals surface area (Å²) < 4.78 is 0. The molecule has 2 aromatic rings. The van der Waals surface area contributed by atoms with E-state index in [4.69, 9.17) is 11.6 Å². The first-order valence-electron chi connectivity index (χ1n) is 7.53. The van der Waals surface area contributed by atoms with Gasteiger partial charge in [0.25, 0.3) is 5.91 Å². The Bertz CT molecular complexity index is 786. The highest BCUT2D eigenvalue weighted by Crippen LogP contribution is 2.33. The molecule has 3 nitrogen and oxygen atoms in total. The second-order valence-electron chi connectivity index (χ2n) is 6.67. The summed E-state index contributed by atoms with van der Waals surface area (Å²) in [6, 6.07) is 13.6. The quantitative estimate of drug-likeness (QED) is 0.759. The first-order chi connectivity index (χ1) is 10.8. The van der Waals surface area contributed by atoms with Gasteiger partial charge in [0.05, 0.1) is 5.57 Å². The minimum absolute atomic E-state index is 0.123. The van der Waals surface area contributed by atoms with Gasteiger partial charge in [-0.2, -0.15) is 0 Å². The molecule has 1 aliphatic rings. The summed E-state index contributed by atoms with van der Waals surface area (Å²) in [5.41, 5.74) is 4.53. The van der Waals surface area contributed by atoms with Crippen LogP contribution in [0.25, 0.3) is 5.57 Å². The molecule has 0 fully saturated rings. The van der Waals surface area contributed by atoms with E-state index in [0.29, 0.717) is 10.6 Å². The van der Waals surface area contributed by atoms with E-state index in [1.807, 2.05) is 18.2 Å². The zero-order valence-corrected chi connectivity index (χ0v) is 14.2. The fourth-order valence-electron chi connectivity index (χ4n) is 2.53. The molecule has 1 amide bonds. The summed E-state index contributed by atoms with van der Waals surface area (Å²) in [5.74, 6) is -0.124. The highest BCUT2D eigenvalue weighted by molar-refractivity contribution is 6.34. The molecule has 3 rings (SSSR count). The van der Waals surface area contributed by atoms with Crippen LogP contribution in [0, 0.1) is 0 Å². The maximum Gasteiger partial charge on any atom is 0.257 e. The lowest BCUT2D eigenvalue weighted by Gasteiger charge is -2.19. The van der Waals surface area contributed by atoms with Gasteiger partial charge in [-0.25, -0.2) is 0 Å². The van der Waals surface area contributed by atoms with Crippen LogP contribution in [0.2, 0.25) is 5.02 Å². The second-order valence-corrected chi connectivity index (χ2v) is 7.11. The van der Waals surface area contributed by atoms with Crippen molar-refractivity contribution < 1.29 is 4.79 Å². The van der Waals surface area contributed by atoms with E-state index in [1.54, 1.807) is 18.3 Å². The Morgan fingerprint density at radius 2 is 1.78 bits per heavy atom. The summed E-state index contributed by atoms with van der Waals surface area (Å²) >= 11 is 6.03. The molecule has 0 atom stereocenters. The highest BCUT2D eigenvalue weighted by atomic mass is 35.5. The number of carbonyl (C=O) groups excluding carboxylic acids is 1. The normalized spacial score (nSPS) is 15.5. The smallest absolute Gasteiger partial charge is 0.257 e. The number of benzene rings is 2. The van der Waals surface area contributed by atoms with Crippen LogP contribution in [0.4, 0.5) is 11.4 Å². The molecule has 1 heterocycles. The van der Waals surface area contributed by atoms with Gasteiger partial charge >= 0.3 is 0 Å². The number of anilines is 2.